The molecule has 0 aromatic carbocycles. The molecule has 4 heteroatoms. The maximum atomic E-state index is 12.2. The Morgan fingerprint density at radius 1 is 1.35 bits per heavy atom. The van der Waals surface area contributed by atoms with Gasteiger partial charge in [-0.3, -0.25) is 0 Å². The first-order valence-corrected chi connectivity index (χ1v) is 7.99. The third-order valence-electron chi connectivity index (χ3n) is 4.36. The van der Waals surface area contributed by atoms with E-state index in [9.17, 15) is 4.79 Å². The third kappa shape index (κ3) is 4.37. The molecule has 1 amide bonds. The second-order valence-electron chi connectivity index (χ2n) is 7.82. The van der Waals surface area contributed by atoms with E-state index in [-0.39, 0.29) is 11.5 Å². The SMILES string of the molecule is CC1(CNC2CCC2)CCCN(C(=O)OC(C)(C)C)C1. The zero-order chi connectivity index (χ0) is 14.8. The van der Waals surface area contributed by atoms with Gasteiger partial charge in [0, 0.05) is 25.7 Å². The number of rotatable bonds is 3. The third-order valence-corrected chi connectivity index (χ3v) is 4.36. The molecule has 1 heterocycles. The van der Waals surface area contributed by atoms with E-state index in [2.05, 4.69) is 12.2 Å². The predicted molar refractivity (Wildman–Crippen MR) is 80.8 cm³/mol. The number of nitrogens with one attached hydrogen (secondary N) is 1. The van der Waals surface area contributed by atoms with E-state index in [1.54, 1.807) is 0 Å². The summed E-state index contributed by atoms with van der Waals surface area (Å²) in [5.41, 5.74) is -0.222. The standard InChI is InChI=1S/C16H30N2O2/c1-15(2,3)20-14(19)18-10-6-9-16(4,12-18)11-17-13-7-5-8-13/h13,17H,5-12H2,1-4H3. The van der Waals surface area contributed by atoms with Crippen LogP contribution >= 0.6 is 0 Å². The lowest BCUT2D eigenvalue weighted by Crippen LogP contribution is -2.51. The zero-order valence-electron chi connectivity index (χ0n) is 13.5. The number of nitrogens with zero attached hydrogens (tertiary/aromatic N) is 1. The summed E-state index contributed by atoms with van der Waals surface area (Å²) in [5.74, 6) is 0. The van der Waals surface area contributed by atoms with E-state index in [0.717, 1.165) is 26.1 Å². The molecule has 0 radical (unpaired) electrons. The Hall–Kier alpha value is -0.770. The largest absolute Gasteiger partial charge is 0.444 e. The molecule has 1 aliphatic heterocycles. The number of likely N-dealkylation sites (tertiary alicyclic amines) is 1. The molecule has 4 nitrogen and oxygen atoms in total. The van der Waals surface area contributed by atoms with Gasteiger partial charge in [0.05, 0.1) is 0 Å². The highest BCUT2D eigenvalue weighted by atomic mass is 16.6. The fourth-order valence-electron chi connectivity index (χ4n) is 2.95. The minimum Gasteiger partial charge on any atom is -0.444 e. The van der Waals surface area contributed by atoms with Crippen molar-refractivity contribution in [2.45, 2.75) is 71.4 Å². The maximum absolute atomic E-state index is 12.2. The molecule has 2 rings (SSSR count). The van der Waals surface area contributed by atoms with Gasteiger partial charge < -0.3 is 15.0 Å². The van der Waals surface area contributed by atoms with Crippen LogP contribution in [0.15, 0.2) is 0 Å². The summed E-state index contributed by atoms with van der Waals surface area (Å²) in [6.45, 7) is 10.7. The summed E-state index contributed by atoms with van der Waals surface area (Å²) in [7, 11) is 0. The average Bonchev–Trinajstić information content (AvgIpc) is 2.24. The lowest BCUT2D eigenvalue weighted by Gasteiger charge is -2.42. The average molecular weight is 282 g/mol. The summed E-state index contributed by atoms with van der Waals surface area (Å²) in [6.07, 6.45) is 6.08. The van der Waals surface area contributed by atoms with E-state index in [4.69, 9.17) is 4.74 Å². The van der Waals surface area contributed by atoms with Gasteiger partial charge in [0.2, 0.25) is 0 Å². The van der Waals surface area contributed by atoms with Crippen LogP contribution in [0, 0.1) is 5.41 Å². The lowest BCUT2D eigenvalue weighted by molar-refractivity contribution is 0.00613. The van der Waals surface area contributed by atoms with Crippen molar-refractivity contribution in [2.24, 2.45) is 5.41 Å². The van der Waals surface area contributed by atoms with Crippen LogP contribution in [0.3, 0.4) is 0 Å². The Morgan fingerprint density at radius 3 is 2.60 bits per heavy atom. The van der Waals surface area contributed by atoms with Crippen molar-refractivity contribution in [2.75, 3.05) is 19.6 Å². The fourth-order valence-corrected chi connectivity index (χ4v) is 2.95. The van der Waals surface area contributed by atoms with Crippen LogP contribution in [0.4, 0.5) is 4.79 Å². The summed E-state index contributed by atoms with van der Waals surface area (Å²) in [5, 5.41) is 3.66. The number of hydrogen-bond acceptors (Lipinski definition) is 3. The molecule has 1 atom stereocenters. The quantitative estimate of drug-likeness (QED) is 0.864. The van der Waals surface area contributed by atoms with Gasteiger partial charge in [-0.25, -0.2) is 4.79 Å². The first-order valence-electron chi connectivity index (χ1n) is 7.99. The highest BCUT2D eigenvalue weighted by molar-refractivity contribution is 5.68. The van der Waals surface area contributed by atoms with Crippen molar-refractivity contribution in [3.05, 3.63) is 0 Å². The van der Waals surface area contributed by atoms with E-state index in [0.29, 0.717) is 6.04 Å². The first kappa shape index (κ1) is 15.6. The summed E-state index contributed by atoms with van der Waals surface area (Å²) < 4.78 is 5.50. The highest BCUT2D eigenvalue weighted by Gasteiger charge is 2.35. The molecule has 2 fully saturated rings. The van der Waals surface area contributed by atoms with Gasteiger partial charge in [0.1, 0.15) is 5.60 Å². The smallest absolute Gasteiger partial charge is 0.410 e. The van der Waals surface area contributed by atoms with Crippen molar-refractivity contribution < 1.29 is 9.53 Å². The first-order chi connectivity index (χ1) is 9.27. The summed E-state index contributed by atoms with van der Waals surface area (Å²) in [6, 6.07) is 0.712. The number of piperidine rings is 1. The highest BCUT2D eigenvalue weighted by Crippen LogP contribution is 2.30. The monoisotopic (exact) mass is 282 g/mol. The second kappa shape index (κ2) is 5.92. The Morgan fingerprint density at radius 2 is 2.05 bits per heavy atom. The Kier molecular flexibility index (Phi) is 4.62. The minimum absolute atomic E-state index is 0.160. The van der Waals surface area contributed by atoms with Crippen LogP contribution in [0.2, 0.25) is 0 Å². The predicted octanol–water partition coefficient (Wildman–Crippen LogP) is 3.17. The molecule has 1 unspecified atom stereocenters. The molecule has 0 spiro atoms. The number of carbonyl (C=O) groups excluding carboxylic acids is 1. The van der Waals surface area contributed by atoms with Gasteiger partial charge in [-0.2, -0.15) is 0 Å². The fraction of sp³-hybridized carbons (Fsp3) is 0.938. The van der Waals surface area contributed by atoms with E-state index < -0.39 is 5.60 Å². The van der Waals surface area contributed by atoms with Crippen molar-refractivity contribution in [3.63, 3.8) is 0 Å². The van der Waals surface area contributed by atoms with Crippen molar-refractivity contribution in [1.82, 2.24) is 10.2 Å². The normalized spacial score (nSPS) is 28.1. The Bertz CT molecular complexity index is 347. The summed E-state index contributed by atoms with van der Waals surface area (Å²) in [4.78, 5) is 14.1. The molecule has 1 saturated heterocycles. The van der Waals surface area contributed by atoms with Crippen LogP contribution in [0.5, 0.6) is 0 Å². The molecule has 0 aromatic rings. The Labute approximate surface area is 123 Å². The van der Waals surface area contributed by atoms with Crippen molar-refractivity contribution in [3.8, 4) is 0 Å². The molecular weight excluding hydrogens is 252 g/mol. The maximum Gasteiger partial charge on any atom is 0.410 e. The molecule has 1 N–H and O–H groups in total. The molecule has 0 aromatic heterocycles. The van der Waals surface area contributed by atoms with Crippen LogP contribution in [-0.2, 0) is 4.74 Å². The van der Waals surface area contributed by atoms with Gasteiger partial charge in [-0.1, -0.05) is 13.3 Å². The molecule has 1 aliphatic carbocycles. The van der Waals surface area contributed by atoms with Gasteiger partial charge in [-0.05, 0) is 51.9 Å². The molecule has 1 saturated carbocycles. The molecular formula is C16H30N2O2. The Balaban J connectivity index is 1.84. The number of hydrogen-bond donors (Lipinski definition) is 1. The van der Waals surface area contributed by atoms with Crippen molar-refractivity contribution >= 4 is 6.09 Å². The van der Waals surface area contributed by atoms with Gasteiger partial charge >= 0.3 is 6.09 Å². The van der Waals surface area contributed by atoms with Gasteiger partial charge in [0.15, 0.2) is 0 Å². The minimum atomic E-state index is -0.408. The van der Waals surface area contributed by atoms with Crippen molar-refractivity contribution in [1.29, 1.82) is 0 Å². The molecule has 2 aliphatic rings. The molecule has 0 bridgehead atoms. The lowest BCUT2D eigenvalue weighted by atomic mass is 9.81. The second-order valence-corrected chi connectivity index (χ2v) is 7.82. The van der Waals surface area contributed by atoms with Crippen LogP contribution in [0.25, 0.3) is 0 Å². The van der Waals surface area contributed by atoms with Crippen LogP contribution in [0.1, 0.15) is 59.8 Å². The summed E-state index contributed by atoms with van der Waals surface area (Å²) >= 11 is 0. The van der Waals surface area contributed by atoms with Crippen LogP contribution in [-0.4, -0.2) is 42.3 Å². The van der Waals surface area contributed by atoms with Gasteiger partial charge in [-0.15, -0.1) is 0 Å². The zero-order valence-corrected chi connectivity index (χ0v) is 13.5. The molecule has 20 heavy (non-hydrogen) atoms. The van der Waals surface area contributed by atoms with E-state index in [1.165, 1.54) is 25.7 Å². The number of amides is 1. The molecule has 116 valence electrons. The van der Waals surface area contributed by atoms with E-state index >= 15 is 0 Å². The van der Waals surface area contributed by atoms with Crippen LogP contribution < -0.4 is 5.32 Å². The number of ether oxygens (including phenoxy) is 1. The van der Waals surface area contributed by atoms with E-state index in [1.807, 2.05) is 25.7 Å². The topological polar surface area (TPSA) is 41.6 Å². The number of carbonyl (C=O) groups is 1. The van der Waals surface area contributed by atoms with Gasteiger partial charge in [0.25, 0.3) is 0 Å².